The molecule has 0 aliphatic rings. The van der Waals surface area contributed by atoms with Crippen molar-refractivity contribution < 1.29 is 14.3 Å². The van der Waals surface area contributed by atoms with E-state index in [0.717, 1.165) is 11.3 Å². The lowest BCUT2D eigenvalue weighted by molar-refractivity contribution is -0.133. The highest BCUT2D eigenvalue weighted by atomic mass is 32.1. The van der Waals surface area contributed by atoms with Crippen LogP contribution in [0.1, 0.15) is 43.0 Å². The Balaban J connectivity index is 2.05. The Kier molecular flexibility index (Phi) is 7.63. The fourth-order valence-electron chi connectivity index (χ4n) is 2.75. The molecule has 0 aliphatic carbocycles. The molecule has 1 atom stereocenters. The van der Waals surface area contributed by atoms with E-state index in [4.69, 9.17) is 4.74 Å². The Morgan fingerprint density at radius 1 is 1.14 bits per heavy atom. The van der Waals surface area contributed by atoms with Gasteiger partial charge in [0.25, 0.3) is 0 Å². The van der Waals surface area contributed by atoms with Gasteiger partial charge in [-0.1, -0.05) is 30.3 Å². The number of nitrogens with one attached hydrogen (secondary N) is 1. The number of ether oxygens (including phenoxy) is 1. The number of nitrogens with zero attached hydrogens (tertiary/aromatic N) is 1. The number of carbonyl (C=O) groups excluding carboxylic acids is 2. The van der Waals surface area contributed by atoms with Gasteiger partial charge in [-0.05, 0) is 58.7 Å². The van der Waals surface area contributed by atoms with Crippen molar-refractivity contribution in [2.24, 2.45) is 0 Å². The Morgan fingerprint density at radius 2 is 1.82 bits per heavy atom. The van der Waals surface area contributed by atoms with Crippen LogP contribution >= 0.6 is 11.3 Å². The fourth-order valence-corrected chi connectivity index (χ4v) is 3.66. The van der Waals surface area contributed by atoms with Crippen molar-refractivity contribution in [1.82, 2.24) is 10.2 Å². The Bertz CT molecular complexity index is 781. The maximum Gasteiger partial charge on any atom is 0.408 e. The number of rotatable bonds is 7. The molecule has 1 N–H and O–H groups in total. The van der Waals surface area contributed by atoms with Crippen molar-refractivity contribution >= 4 is 23.3 Å². The first-order chi connectivity index (χ1) is 13.1. The number of aryl methyl sites for hydroxylation is 1. The van der Waals surface area contributed by atoms with Gasteiger partial charge in [-0.3, -0.25) is 4.79 Å². The van der Waals surface area contributed by atoms with Gasteiger partial charge in [0.05, 0.1) is 6.54 Å². The lowest BCUT2D eigenvalue weighted by Crippen LogP contribution is -2.48. The molecule has 2 rings (SSSR count). The van der Waals surface area contributed by atoms with Crippen LogP contribution in [0.5, 0.6) is 0 Å². The first kappa shape index (κ1) is 22.0. The van der Waals surface area contributed by atoms with Crippen LogP contribution in [0, 0.1) is 6.92 Å². The van der Waals surface area contributed by atoms with Crippen LogP contribution in [-0.4, -0.2) is 35.1 Å². The van der Waals surface area contributed by atoms with Crippen molar-refractivity contribution in [2.45, 2.75) is 59.2 Å². The minimum absolute atomic E-state index is 0.118. The van der Waals surface area contributed by atoms with E-state index in [1.807, 2.05) is 18.2 Å². The number of thiophene rings is 1. The van der Waals surface area contributed by atoms with Crippen molar-refractivity contribution in [3.05, 3.63) is 57.8 Å². The molecular formula is C22H30N2O3S. The molecule has 0 bridgehead atoms. The standard InChI is InChI=1S/C22H30N2O3S/c1-16-11-12-19(28-16)15-24(14-13-18-9-7-6-8-10-18)20(25)17(2)23-21(26)27-22(3,4)5/h6-12,17H,13-15H2,1-5H3,(H,23,26)/t17-/m1/s1. The van der Waals surface area contributed by atoms with Crippen molar-refractivity contribution in [1.29, 1.82) is 0 Å². The smallest absolute Gasteiger partial charge is 0.408 e. The molecular weight excluding hydrogens is 372 g/mol. The summed E-state index contributed by atoms with van der Waals surface area (Å²) >= 11 is 1.68. The third-order valence-electron chi connectivity index (χ3n) is 4.07. The van der Waals surface area contributed by atoms with E-state index in [1.54, 1.807) is 43.9 Å². The van der Waals surface area contributed by atoms with Gasteiger partial charge in [0.15, 0.2) is 0 Å². The first-order valence-corrected chi connectivity index (χ1v) is 10.3. The third-order valence-corrected chi connectivity index (χ3v) is 5.06. The van der Waals surface area contributed by atoms with Crippen LogP contribution in [0.25, 0.3) is 0 Å². The topological polar surface area (TPSA) is 58.6 Å². The van der Waals surface area contributed by atoms with Gasteiger partial charge in [-0.25, -0.2) is 4.79 Å². The summed E-state index contributed by atoms with van der Waals surface area (Å²) in [4.78, 5) is 29.2. The second kappa shape index (κ2) is 9.73. The summed E-state index contributed by atoms with van der Waals surface area (Å²) in [5.41, 5.74) is 0.573. The molecule has 0 radical (unpaired) electrons. The summed E-state index contributed by atoms with van der Waals surface area (Å²) in [6.07, 6.45) is 0.180. The minimum atomic E-state index is -0.660. The number of benzene rings is 1. The lowest BCUT2D eigenvalue weighted by atomic mass is 10.1. The molecule has 0 spiro atoms. The normalized spacial score (nSPS) is 12.3. The second-order valence-electron chi connectivity index (χ2n) is 7.88. The van der Waals surface area contributed by atoms with E-state index in [0.29, 0.717) is 13.1 Å². The quantitative estimate of drug-likeness (QED) is 0.740. The fraction of sp³-hybridized carbons (Fsp3) is 0.455. The largest absolute Gasteiger partial charge is 0.444 e. The summed E-state index contributed by atoms with van der Waals surface area (Å²) < 4.78 is 5.27. The molecule has 0 unspecified atom stereocenters. The molecule has 0 aliphatic heterocycles. The molecule has 2 amide bonds. The summed E-state index contributed by atoms with van der Waals surface area (Å²) in [5, 5.41) is 2.66. The summed E-state index contributed by atoms with van der Waals surface area (Å²) in [7, 11) is 0. The van der Waals surface area contributed by atoms with Crippen LogP contribution in [-0.2, 0) is 22.5 Å². The van der Waals surface area contributed by atoms with Crippen LogP contribution < -0.4 is 5.32 Å². The molecule has 0 saturated carbocycles. The number of amides is 2. The van der Waals surface area contributed by atoms with Gasteiger partial charge in [0, 0.05) is 16.3 Å². The summed E-state index contributed by atoms with van der Waals surface area (Å²) in [5.74, 6) is -0.118. The number of carbonyl (C=O) groups is 2. The molecule has 6 heteroatoms. The zero-order chi connectivity index (χ0) is 20.7. The van der Waals surface area contributed by atoms with Gasteiger partial charge < -0.3 is 15.0 Å². The van der Waals surface area contributed by atoms with Crippen LogP contribution in [0.15, 0.2) is 42.5 Å². The maximum atomic E-state index is 13.0. The third kappa shape index (κ3) is 7.35. The lowest BCUT2D eigenvalue weighted by Gasteiger charge is -2.27. The van der Waals surface area contributed by atoms with E-state index >= 15 is 0 Å². The van der Waals surface area contributed by atoms with E-state index < -0.39 is 17.7 Å². The molecule has 1 heterocycles. The number of alkyl carbamates (subject to hydrolysis) is 1. The Morgan fingerprint density at radius 3 is 2.39 bits per heavy atom. The summed E-state index contributed by atoms with van der Waals surface area (Å²) in [6.45, 7) is 10.3. The van der Waals surface area contributed by atoms with Gasteiger partial charge in [-0.15, -0.1) is 11.3 Å². The molecule has 0 fully saturated rings. The van der Waals surface area contributed by atoms with E-state index in [2.05, 4.69) is 36.5 Å². The molecule has 152 valence electrons. The highest BCUT2D eigenvalue weighted by Crippen LogP contribution is 2.18. The Labute approximate surface area is 171 Å². The van der Waals surface area contributed by atoms with E-state index in [1.165, 1.54) is 10.4 Å². The van der Waals surface area contributed by atoms with E-state index in [-0.39, 0.29) is 5.91 Å². The van der Waals surface area contributed by atoms with Gasteiger partial charge in [0.1, 0.15) is 11.6 Å². The highest BCUT2D eigenvalue weighted by Gasteiger charge is 2.25. The van der Waals surface area contributed by atoms with Crippen LogP contribution in [0.2, 0.25) is 0 Å². The zero-order valence-electron chi connectivity index (χ0n) is 17.3. The van der Waals surface area contributed by atoms with Gasteiger partial charge in [-0.2, -0.15) is 0 Å². The predicted octanol–water partition coefficient (Wildman–Crippen LogP) is 4.54. The van der Waals surface area contributed by atoms with Crippen molar-refractivity contribution in [3.63, 3.8) is 0 Å². The predicted molar refractivity (Wildman–Crippen MR) is 113 cm³/mol. The molecule has 1 aromatic carbocycles. The van der Waals surface area contributed by atoms with Crippen LogP contribution in [0.3, 0.4) is 0 Å². The molecule has 0 saturated heterocycles. The van der Waals surface area contributed by atoms with Crippen molar-refractivity contribution in [3.8, 4) is 0 Å². The van der Waals surface area contributed by atoms with Gasteiger partial charge in [0.2, 0.25) is 5.91 Å². The highest BCUT2D eigenvalue weighted by molar-refractivity contribution is 7.11. The zero-order valence-corrected chi connectivity index (χ0v) is 18.1. The minimum Gasteiger partial charge on any atom is -0.444 e. The molecule has 5 nitrogen and oxygen atoms in total. The number of hydrogen-bond acceptors (Lipinski definition) is 4. The maximum absolute atomic E-state index is 13.0. The Hall–Kier alpha value is -2.34. The molecule has 28 heavy (non-hydrogen) atoms. The second-order valence-corrected chi connectivity index (χ2v) is 9.25. The summed E-state index contributed by atoms with van der Waals surface area (Å²) in [6, 6.07) is 13.5. The monoisotopic (exact) mass is 402 g/mol. The van der Waals surface area contributed by atoms with Gasteiger partial charge >= 0.3 is 6.09 Å². The molecule has 1 aromatic heterocycles. The SMILES string of the molecule is Cc1ccc(CN(CCc2ccccc2)C(=O)[C@@H](C)NC(=O)OC(C)(C)C)s1. The number of hydrogen-bond donors (Lipinski definition) is 1. The average molecular weight is 403 g/mol. The average Bonchev–Trinajstić information content (AvgIpc) is 3.02. The van der Waals surface area contributed by atoms with Crippen LogP contribution in [0.4, 0.5) is 4.79 Å². The van der Waals surface area contributed by atoms with E-state index in [9.17, 15) is 9.59 Å². The van der Waals surface area contributed by atoms with Crippen molar-refractivity contribution in [2.75, 3.05) is 6.54 Å². The molecule has 2 aromatic rings. The first-order valence-electron chi connectivity index (χ1n) is 9.51.